The van der Waals surface area contributed by atoms with Gasteiger partial charge in [0.2, 0.25) is 0 Å². The minimum absolute atomic E-state index is 0. The number of ether oxygens (including phenoxy) is 1. The molecule has 110 valence electrons. The molecule has 0 aromatic heterocycles. The molecule has 0 spiro atoms. The average molecular weight is 286 g/mol. The molecule has 0 bridgehead atoms. The second-order valence-corrected chi connectivity index (χ2v) is 4.48. The molecule has 1 aromatic carbocycles. The number of carboxylic acid groups (broad SMARTS) is 1. The first-order valence-corrected chi connectivity index (χ1v) is 6.86. The molecule has 0 fully saturated rings. The molecular formula is C15H21LiNO4+. The molecule has 0 aliphatic rings. The van der Waals surface area contributed by atoms with E-state index in [1.54, 1.807) is 24.3 Å². The first-order valence-electron chi connectivity index (χ1n) is 6.86. The Labute approximate surface area is 137 Å². The van der Waals surface area contributed by atoms with Crippen LogP contribution < -0.4 is 28.9 Å². The van der Waals surface area contributed by atoms with Gasteiger partial charge < -0.3 is 15.2 Å². The van der Waals surface area contributed by atoms with Gasteiger partial charge in [-0.3, -0.25) is 9.59 Å². The van der Waals surface area contributed by atoms with Gasteiger partial charge in [0.1, 0.15) is 5.75 Å². The molecular weight excluding hydrogens is 265 g/mol. The van der Waals surface area contributed by atoms with Gasteiger partial charge in [-0.1, -0.05) is 19.8 Å². The summed E-state index contributed by atoms with van der Waals surface area (Å²) in [6, 6.07) is 6.84. The Morgan fingerprint density at radius 1 is 1.19 bits per heavy atom. The molecule has 0 radical (unpaired) electrons. The zero-order valence-electron chi connectivity index (χ0n) is 12.7. The first kappa shape index (κ1) is 19.6. The van der Waals surface area contributed by atoms with Gasteiger partial charge in [-0.2, -0.15) is 0 Å². The summed E-state index contributed by atoms with van der Waals surface area (Å²) < 4.78 is 5.55. The summed E-state index contributed by atoms with van der Waals surface area (Å²) in [6.45, 7) is 2.94. The zero-order chi connectivity index (χ0) is 14.8. The van der Waals surface area contributed by atoms with Crippen LogP contribution in [0.15, 0.2) is 24.3 Å². The Bertz CT molecular complexity index is 434. The van der Waals surface area contributed by atoms with Gasteiger partial charge in [0.15, 0.2) is 0 Å². The molecule has 0 atom stereocenters. The second-order valence-electron chi connectivity index (χ2n) is 4.48. The minimum Gasteiger partial charge on any atom is -0.494 e. The molecule has 1 aromatic rings. The second kappa shape index (κ2) is 11.2. The third-order valence-electron chi connectivity index (χ3n) is 2.76. The number of carboxylic acids is 1. The van der Waals surface area contributed by atoms with E-state index < -0.39 is 5.97 Å². The van der Waals surface area contributed by atoms with Gasteiger partial charge in [0.25, 0.3) is 5.91 Å². The Hall–Kier alpha value is -1.44. The predicted octanol–water partition coefficient (Wildman–Crippen LogP) is -0.536. The van der Waals surface area contributed by atoms with E-state index in [9.17, 15) is 9.59 Å². The van der Waals surface area contributed by atoms with Crippen LogP contribution in [0.1, 0.15) is 43.0 Å². The van der Waals surface area contributed by atoms with Gasteiger partial charge >= 0.3 is 24.8 Å². The third-order valence-corrected chi connectivity index (χ3v) is 2.76. The number of unbranched alkanes of at least 4 members (excludes halogenated alkanes) is 2. The van der Waals surface area contributed by atoms with E-state index in [4.69, 9.17) is 9.84 Å². The largest absolute Gasteiger partial charge is 1.00 e. The van der Waals surface area contributed by atoms with E-state index in [1.807, 2.05) is 0 Å². The number of amides is 1. The fourth-order valence-electron chi connectivity index (χ4n) is 1.63. The monoisotopic (exact) mass is 286 g/mol. The fourth-order valence-corrected chi connectivity index (χ4v) is 1.63. The van der Waals surface area contributed by atoms with Crippen molar-refractivity contribution in [2.45, 2.75) is 32.6 Å². The summed E-state index contributed by atoms with van der Waals surface area (Å²) in [5, 5.41) is 11.0. The van der Waals surface area contributed by atoms with Crippen LogP contribution in [0.5, 0.6) is 5.75 Å². The summed E-state index contributed by atoms with van der Waals surface area (Å²) in [6.07, 6.45) is 3.24. The maximum absolute atomic E-state index is 11.7. The van der Waals surface area contributed by atoms with Gasteiger partial charge in [-0.25, -0.2) is 0 Å². The molecule has 0 aliphatic heterocycles. The number of aliphatic carboxylic acids is 1. The summed E-state index contributed by atoms with van der Waals surface area (Å²) in [5.41, 5.74) is 0.497. The molecule has 0 heterocycles. The van der Waals surface area contributed by atoms with Crippen LogP contribution in [0.3, 0.4) is 0 Å². The van der Waals surface area contributed by atoms with Crippen molar-refractivity contribution < 1.29 is 38.3 Å². The summed E-state index contributed by atoms with van der Waals surface area (Å²) in [4.78, 5) is 22.0. The minimum atomic E-state index is -0.930. The zero-order valence-corrected chi connectivity index (χ0v) is 12.7. The molecule has 0 saturated heterocycles. The molecule has 1 amide bonds. The van der Waals surface area contributed by atoms with Crippen LogP contribution in [0.4, 0.5) is 0 Å². The Morgan fingerprint density at radius 3 is 2.43 bits per heavy atom. The molecule has 2 N–H and O–H groups in total. The van der Waals surface area contributed by atoms with Crippen LogP contribution in [0.25, 0.3) is 0 Å². The summed E-state index contributed by atoms with van der Waals surface area (Å²) >= 11 is 0. The standard InChI is InChI=1S/C15H21NO4.Li/c1-2-3-4-11-20-13-7-5-12(6-8-13)15(19)16-10-9-14(17)18;/h5-8H,2-4,9-11H2,1H3,(H,16,19)(H,17,18);/q;+1. The van der Waals surface area contributed by atoms with Crippen LogP contribution in [-0.4, -0.2) is 30.1 Å². The van der Waals surface area contributed by atoms with Crippen LogP contribution in [-0.2, 0) is 4.79 Å². The number of nitrogens with one attached hydrogen (secondary N) is 1. The van der Waals surface area contributed by atoms with Crippen LogP contribution in [0, 0.1) is 0 Å². The molecule has 0 saturated carbocycles. The molecule has 0 aliphatic carbocycles. The Balaban J connectivity index is 0.00000400. The van der Waals surface area contributed by atoms with Crippen molar-refractivity contribution in [3.63, 3.8) is 0 Å². The van der Waals surface area contributed by atoms with Crippen molar-refractivity contribution in [2.75, 3.05) is 13.2 Å². The third kappa shape index (κ3) is 8.44. The molecule has 6 heteroatoms. The smallest absolute Gasteiger partial charge is 0.494 e. The quantitative estimate of drug-likeness (QED) is 0.472. The van der Waals surface area contributed by atoms with E-state index in [0.717, 1.165) is 25.0 Å². The van der Waals surface area contributed by atoms with E-state index in [0.29, 0.717) is 12.2 Å². The molecule has 1 rings (SSSR count). The van der Waals surface area contributed by atoms with E-state index in [1.165, 1.54) is 0 Å². The summed E-state index contributed by atoms with van der Waals surface area (Å²) in [7, 11) is 0. The maximum Gasteiger partial charge on any atom is 1.00 e. The van der Waals surface area contributed by atoms with Gasteiger partial charge in [0.05, 0.1) is 13.0 Å². The van der Waals surface area contributed by atoms with Gasteiger partial charge in [-0.15, -0.1) is 0 Å². The number of carbonyl (C=O) groups excluding carboxylic acids is 1. The topological polar surface area (TPSA) is 75.6 Å². The van der Waals surface area contributed by atoms with Crippen molar-refractivity contribution in [1.82, 2.24) is 5.32 Å². The normalized spacial score (nSPS) is 9.57. The van der Waals surface area contributed by atoms with Crippen molar-refractivity contribution >= 4 is 11.9 Å². The predicted molar refractivity (Wildman–Crippen MR) is 76.0 cm³/mol. The van der Waals surface area contributed by atoms with Crippen molar-refractivity contribution in [2.24, 2.45) is 0 Å². The molecule has 5 nitrogen and oxygen atoms in total. The van der Waals surface area contributed by atoms with Crippen LogP contribution in [0.2, 0.25) is 0 Å². The van der Waals surface area contributed by atoms with Crippen molar-refractivity contribution in [3.05, 3.63) is 29.8 Å². The Morgan fingerprint density at radius 2 is 1.86 bits per heavy atom. The maximum atomic E-state index is 11.7. The molecule has 0 unspecified atom stereocenters. The van der Waals surface area contributed by atoms with Crippen LogP contribution >= 0.6 is 0 Å². The first-order chi connectivity index (χ1) is 9.63. The van der Waals surface area contributed by atoms with Crippen molar-refractivity contribution in [3.8, 4) is 5.75 Å². The van der Waals surface area contributed by atoms with Gasteiger partial charge in [-0.05, 0) is 30.7 Å². The van der Waals surface area contributed by atoms with Crippen molar-refractivity contribution in [1.29, 1.82) is 0 Å². The van der Waals surface area contributed by atoms with E-state index >= 15 is 0 Å². The summed E-state index contributed by atoms with van der Waals surface area (Å²) in [5.74, 6) is -0.465. The number of hydrogen-bond acceptors (Lipinski definition) is 3. The van der Waals surface area contributed by atoms with Gasteiger partial charge in [0, 0.05) is 12.1 Å². The number of carbonyl (C=O) groups is 2. The number of hydrogen-bond donors (Lipinski definition) is 2. The van der Waals surface area contributed by atoms with E-state index in [-0.39, 0.29) is 37.7 Å². The Kier molecular flexibility index (Phi) is 10.5. The number of benzene rings is 1. The van der Waals surface area contributed by atoms with E-state index in [2.05, 4.69) is 12.2 Å². The average Bonchev–Trinajstić information content (AvgIpc) is 2.44. The number of rotatable bonds is 9. The SMILES string of the molecule is CCCCCOc1ccc(C(=O)NCCC(=O)O)cc1.[Li+]. The fraction of sp³-hybridized carbons (Fsp3) is 0.467. The molecule has 21 heavy (non-hydrogen) atoms.